The Morgan fingerprint density at radius 3 is 2.76 bits per heavy atom. The zero-order valence-electron chi connectivity index (χ0n) is 14.1. The second-order valence-corrected chi connectivity index (χ2v) is 6.72. The average Bonchev–Trinajstić information content (AvgIpc) is 3.15. The van der Waals surface area contributed by atoms with E-state index in [0.717, 1.165) is 12.1 Å². The van der Waals surface area contributed by atoms with Crippen LogP contribution < -0.4 is 4.90 Å². The Bertz CT molecular complexity index is 795. The number of ketones is 1. The number of aromatic nitrogens is 2. The SMILES string of the molecule is CC1CC(=O)c2cnc(N3CCN(C(=O)c4ccco4)CC3)nc2C1. The van der Waals surface area contributed by atoms with Gasteiger partial charge in [0.05, 0.1) is 17.5 Å². The first-order valence-electron chi connectivity index (χ1n) is 8.58. The smallest absolute Gasteiger partial charge is 0.289 e. The van der Waals surface area contributed by atoms with Crippen LogP contribution in [-0.4, -0.2) is 52.7 Å². The predicted molar refractivity (Wildman–Crippen MR) is 90.7 cm³/mol. The maximum atomic E-state index is 12.3. The molecular formula is C18H20N4O3. The Kier molecular flexibility index (Phi) is 3.99. The minimum Gasteiger partial charge on any atom is -0.459 e. The van der Waals surface area contributed by atoms with Gasteiger partial charge in [0.15, 0.2) is 11.5 Å². The maximum absolute atomic E-state index is 12.3. The molecule has 0 N–H and O–H groups in total. The van der Waals surface area contributed by atoms with Gasteiger partial charge in [0, 0.05) is 38.8 Å². The summed E-state index contributed by atoms with van der Waals surface area (Å²) in [5.74, 6) is 1.38. The number of hydrogen-bond donors (Lipinski definition) is 0. The molecule has 3 heterocycles. The average molecular weight is 340 g/mol. The van der Waals surface area contributed by atoms with E-state index in [1.165, 1.54) is 6.26 Å². The van der Waals surface area contributed by atoms with Crippen LogP contribution in [0.5, 0.6) is 0 Å². The fraction of sp³-hybridized carbons (Fsp3) is 0.444. The third-order valence-corrected chi connectivity index (χ3v) is 4.81. The molecule has 0 bridgehead atoms. The molecular weight excluding hydrogens is 320 g/mol. The van der Waals surface area contributed by atoms with Crippen molar-refractivity contribution in [1.29, 1.82) is 0 Å². The fourth-order valence-corrected chi connectivity index (χ4v) is 3.44. The van der Waals surface area contributed by atoms with Crippen LogP contribution in [0, 0.1) is 5.92 Å². The summed E-state index contributed by atoms with van der Waals surface area (Å²) in [6.07, 6.45) is 4.55. The van der Waals surface area contributed by atoms with Crippen LogP contribution >= 0.6 is 0 Å². The lowest BCUT2D eigenvalue weighted by Crippen LogP contribution is -2.49. The minimum atomic E-state index is -0.0876. The molecule has 0 spiro atoms. The van der Waals surface area contributed by atoms with Gasteiger partial charge >= 0.3 is 0 Å². The molecule has 25 heavy (non-hydrogen) atoms. The van der Waals surface area contributed by atoms with Crippen molar-refractivity contribution in [3.05, 3.63) is 41.6 Å². The monoisotopic (exact) mass is 340 g/mol. The van der Waals surface area contributed by atoms with Crippen LogP contribution in [0.4, 0.5) is 5.95 Å². The van der Waals surface area contributed by atoms with E-state index < -0.39 is 0 Å². The summed E-state index contributed by atoms with van der Waals surface area (Å²) in [5.41, 5.74) is 1.51. The number of piperazine rings is 1. The second kappa shape index (κ2) is 6.31. The van der Waals surface area contributed by atoms with Crippen LogP contribution in [-0.2, 0) is 6.42 Å². The summed E-state index contributed by atoms with van der Waals surface area (Å²) in [7, 11) is 0. The molecule has 1 amide bonds. The summed E-state index contributed by atoms with van der Waals surface area (Å²) < 4.78 is 5.18. The number of carbonyl (C=O) groups is 2. The van der Waals surface area contributed by atoms with E-state index in [2.05, 4.69) is 21.8 Å². The van der Waals surface area contributed by atoms with Gasteiger partial charge in [-0.15, -0.1) is 0 Å². The third kappa shape index (κ3) is 3.01. The molecule has 0 radical (unpaired) electrons. The van der Waals surface area contributed by atoms with Crippen molar-refractivity contribution in [3.63, 3.8) is 0 Å². The Morgan fingerprint density at radius 1 is 1.24 bits per heavy atom. The first kappa shape index (κ1) is 15.8. The van der Waals surface area contributed by atoms with Crippen molar-refractivity contribution < 1.29 is 14.0 Å². The molecule has 2 aromatic heterocycles. The molecule has 7 heteroatoms. The Balaban J connectivity index is 1.45. The number of rotatable bonds is 2. The Labute approximate surface area is 145 Å². The standard InChI is InChI=1S/C18H20N4O3/c1-12-9-14-13(15(23)10-12)11-19-18(20-14)22-6-4-21(5-7-22)17(24)16-3-2-8-25-16/h2-3,8,11-12H,4-7,9-10H2,1H3. The van der Waals surface area contributed by atoms with Crippen LogP contribution in [0.2, 0.25) is 0 Å². The zero-order valence-corrected chi connectivity index (χ0v) is 14.1. The molecule has 7 nitrogen and oxygen atoms in total. The number of fused-ring (bicyclic) bond motifs is 1. The Morgan fingerprint density at radius 2 is 2.04 bits per heavy atom. The van der Waals surface area contributed by atoms with Gasteiger partial charge in [-0.05, 0) is 24.5 Å². The summed E-state index contributed by atoms with van der Waals surface area (Å²) in [4.78, 5) is 37.2. The van der Waals surface area contributed by atoms with Crippen LogP contribution in [0.25, 0.3) is 0 Å². The molecule has 2 aliphatic rings. The highest BCUT2D eigenvalue weighted by Crippen LogP contribution is 2.25. The number of anilines is 1. The third-order valence-electron chi connectivity index (χ3n) is 4.81. The molecule has 1 unspecified atom stereocenters. The molecule has 2 aromatic rings. The quantitative estimate of drug-likeness (QED) is 0.829. The van der Waals surface area contributed by atoms with Gasteiger partial charge in [-0.1, -0.05) is 6.92 Å². The van der Waals surface area contributed by atoms with E-state index in [-0.39, 0.29) is 11.7 Å². The number of furan rings is 1. The maximum Gasteiger partial charge on any atom is 0.289 e. The predicted octanol–water partition coefficient (Wildman–Crippen LogP) is 1.80. The number of amides is 1. The number of carbonyl (C=O) groups excluding carboxylic acids is 2. The summed E-state index contributed by atoms with van der Waals surface area (Å²) in [5, 5.41) is 0. The van der Waals surface area contributed by atoms with Gasteiger partial charge in [-0.3, -0.25) is 9.59 Å². The molecule has 0 aromatic carbocycles. The van der Waals surface area contributed by atoms with Crippen molar-refractivity contribution >= 4 is 17.6 Å². The number of hydrogen-bond acceptors (Lipinski definition) is 6. The van der Waals surface area contributed by atoms with E-state index in [1.54, 1.807) is 23.2 Å². The lowest BCUT2D eigenvalue weighted by Gasteiger charge is -2.34. The first-order chi connectivity index (χ1) is 12.1. The van der Waals surface area contributed by atoms with E-state index in [1.807, 2.05) is 0 Å². The van der Waals surface area contributed by atoms with Crippen LogP contribution in [0.1, 0.15) is 40.0 Å². The van der Waals surface area contributed by atoms with Crippen molar-refractivity contribution in [1.82, 2.24) is 14.9 Å². The first-order valence-corrected chi connectivity index (χ1v) is 8.58. The molecule has 1 aliphatic carbocycles. The molecule has 4 rings (SSSR count). The fourth-order valence-electron chi connectivity index (χ4n) is 3.44. The zero-order chi connectivity index (χ0) is 17.4. The van der Waals surface area contributed by atoms with E-state index in [9.17, 15) is 9.59 Å². The van der Waals surface area contributed by atoms with E-state index in [4.69, 9.17) is 4.42 Å². The van der Waals surface area contributed by atoms with Gasteiger partial charge in [-0.25, -0.2) is 9.97 Å². The molecule has 0 saturated carbocycles. The summed E-state index contributed by atoms with van der Waals surface area (Å²) in [6.45, 7) is 4.58. The highest BCUT2D eigenvalue weighted by molar-refractivity contribution is 5.98. The van der Waals surface area contributed by atoms with Gasteiger partial charge in [0.1, 0.15) is 0 Å². The summed E-state index contributed by atoms with van der Waals surface area (Å²) >= 11 is 0. The molecule has 130 valence electrons. The van der Waals surface area contributed by atoms with E-state index in [0.29, 0.717) is 55.8 Å². The lowest BCUT2D eigenvalue weighted by atomic mass is 9.88. The highest BCUT2D eigenvalue weighted by atomic mass is 16.3. The van der Waals surface area contributed by atoms with E-state index >= 15 is 0 Å². The minimum absolute atomic E-state index is 0.0876. The van der Waals surface area contributed by atoms with Gasteiger partial charge < -0.3 is 14.2 Å². The van der Waals surface area contributed by atoms with Crippen molar-refractivity contribution in [3.8, 4) is 0 Å². The van der Waals surface area contributed by atoms with Crippen molar-refractivity contribution in [2.75, 3.05) is 31.1 Å². The summed E-state index contributed by atoms with van der Waals surface area (Å²) in [6, 6.07) is 3.40. The van der Waals surface area contributed by atoms with Crippen LogP contribution in [0.15, 0.2) is 29.0 Å². The Hall–Kier alpha value is -2.70. The van der Waals surface area contributed by atoms with Crippen LogP contribution in [0.3, 0.4) is 0 Å². The van der Waals surface area contributed by atoms with Gasteiger partial charge in [-0.2, -0.15) is 0 Å². The van der Waals surface area contributed by atoms with Crippen molar-refractivity contribution in [2.24, 2.45) is 5.92 Å². The lowest BCUT2D eigenvalue weighted by molar-refractivity contribution is 0.0713. The second-order valence-electron chi connectivity index (χ2n) is 6.72. The largest absolute Gasteiger partial charge is 0.459 e. The molecule has 1 aliphatic heterocycles. The number of nitrogens with zero attached hydrogens (tertiary/aromatic N) is 4. The topological polar surface area (TPSA) is 79.5 Å². The highest BCUT2D eigenvalue weighted by Gasteiger charge is 2.28. The molecule has 1 atom stereocenters. The molecule has 1 fully saturated rings. The van der Waals surface area contributed by atoms with Gasteiger partial charge in [0.2, 0.25) is 5.95 Å². The van der Waals surface area contributed by atoms with Gasteiger partial charge in [0.25, 0.3) is 5.91 Å². The normalized spacial score (nSPS) is 20.5. The molecule has 1 saturated heterocycles. The van der Waals surface area contributed by atoms with Crippen molar-refractivity contribution in [2.45, 2.75) is 19.8 Å². The number of Topliss-reactive ketones (excluding diaryl/α,β-unsaturated/α-hetero) is 1.